The fourth-order valence-corrected chi connectivity index (χ4v) is 1.97. The number of rotatable bonds is 9. The van der Waals surface area contributed by atoms with Gasteiger partial charge in [-0.15, -0.1) is 0 Å². The molecule has 0 bridgehead atoms. The van der Waals surface area contributed by atoms with Gasteiger partial charge in [-0.1, -0.05) is 24.6 Å². The summed E-state index contributed by atoms with van der Waals surface area (Å²) in [5.74, 6) is -0.0433. The van der Waals surface area contributed by atoms with Crippen molar-refractivity contribution in [3.63, 3.8) is 0 Å². The summed E-state index contributed by atoms with van der Waals surface area (Å²) in [6.07, 6.45) is 2.26. The average Bonchev–Trinajstić information content (AvgIpc) is 3.00. The molecule has 1 aromatic carbocycles. The Morgan fingerprint density at radius 1 is 1.04 bits per heavy atom. The van der Waals surface area contributed by atoms with E-state index in [2.05, 4.69) is 5.32 Å². The molecule has 1 heterocycles. The molecule has 1 amide bonds. The first kappa shape index (κ1) is 16.6. The largest absolute Gasteiger partial charge is 0.481 e. The van der Waals surface area contributed by atoms with E-state index >= 15 is 0 Å². The van der Waals surface area contributed by atoms with Gasteiger partial charge in [0.1, 0.15) is 5.75 Å². The quantitative estimate of drug-likeness (QED) is 0.692. The van der Waals surface area contributed by atoms with Crippen LogP contribution in [0.3, 0.4) is 0 Å². The summed E-state index contributed by atoms with van der Waals surface area (Å²) < 4.78 is 10.8. The zero-order chi connectivity index (χ0) is 16.5. The zero-order valence-electron chi connectivity index (χ0n) is 12.7. The van der Waals surface area contributed by atoms with Gasteiger partial charge in [0.15, 0.2) is 5.76 Å². The SMILES string of the molecule is O=C(O)CCCCCNC(=O)c1ccc(Oc2ccccc2)o1. The molecule has 2 aromatic rings. The van der Waals surface area contributed by atoms with Crippen molar-refractivity contribution in [1.29, 1.82) is 0 Å². The van der Waals surface area contributed by atoms with Crippen molar-refractivity contribution in [1.82, 2.24) is 5.32 Å². The lowest BCUT2D eigenvalue weighted by Gasteiger charge is -2.03. The number of aliphatic carboxylic acids is 1. The molecule has 6 nitrogen and oxygen atoms in total. The van der Waals surface area contributed by atoms with E-state index in [1.165, 1.54) is 0 Å². The minimum atomic E-state index is -0.796. The highest BCUT2D eigenvalue weighted by molar-refractivity contribution is 5.91. The van der Waals surface area contributed by atoms with Crippen LogP contribution in [0.2, 0.25) is 0 Å². The Balaban J connectivity index is 1.72. The van der Waals surface area contributed by atoms with Crippen LogP contribution in [0.4, 0.5) is 0 Å². The molecule has 0 aliphatic carbocycles. The second kappa shape index (κ2) is 8.63. The number of furan rings is 1. The molecule has 0 aliphatic heterocycles. The fraction of sp³-hybridized carbons (Fsp3) is 0.294. The number of carbonyl (C=O) groups excluding carboxylic acids is 1. The van der Waals surface area contributed by atoms with Crippen molar-refractivity contribution >= 4 is 11.9 Å². The molecule has 0 fully saturated rings. The molecule has 0 radical (unpaired) electrons. The van der Waals surface area contributed by atoms with Crippen molar-refractivity contribution in [3.05, 3.63) is 48.2 Å². The Labute approximate surface area is 134 Å². The molecule has 2 rings (SSSR count). The normalized spacial score (nSPS) is 10.3. The summed E-state index contributed by atoms with van der Waals surface area (Å²) in [6.45, 7) is 0.480. The predicted molar refractivity (Wildman–Crippen MR) is 83.7 cm³/mol. The van der Waals surface area contributed by atoms with Gasteiger partial charge >= 0.3 is 5.97 Å². The van der Waals surface area contributed by atoms with Gasteiger partial charge in [0.2, 0.25) is 0 Å². The van der Waals surface area contributed by atoms with Gasteiger partial charge in [0.05, 0.1) is 0 Å². The number of carbonyl (C=O) groups is 2. The summed E-state index contributed by atoms with van der Waals surface area (Å²) in [7, 11) is 0. The fourth-order valence-electron chi connectivity index (χ4n) is 1.97. The molecule has 0 unspecified atom stereocenters. The van der Waals surface area contributed by atoms with Crippen LogP contribution in [0.15, 0.2) is 46.9 Å². The van der Waals surface area contributed by atoms with Crippen molar-refractivity contribution < 1.29 is 23.8 Å². The Morgan fingerprint density at radius 2 is 1.83 bits per heavy atom. The number of para-hydroxylation sites is 1. The highest BCUT2D eigenvalue weighted by atomic mass is 16.6. The maximum Gasteiger partial charge on any atom is 0.303 e. The van der Waals surface area contributed by atoms with Crippen LogP contribution < -0.4 is 10.1 Å². The van der Waals surface area contributed by atoms with Crippen LogP contribution in [0, 0.1) is 0 Å². The summed E-state index contributed by atoms with van der Waals surface area (Å²) in [6, 6.07) is 12.3. The van der Waals surface area contributed by atoms with Gasteiger partial charge in [0.25, 0.3) is 11.9 Å². The Hall–Kier alpha value is -2.76. The third-order valence-electron chi connectivity index (χ3n) is 3.12. The Bertz CT molecular complexity index is 635. The van der Waals surface area contributed by atoms with Gasteiger partial charge in [-0.3, -0.25) is 9.59 Å². The van der Waals surface area contributed by atoms with Crippen LogP contribution in [0.1, 0.15) is 36.2 Å². The standard InChI is InChI=1S/C17H19NO5/c19-15(20)9-5-2-6-12-18-17(21)14-10-11-16(23-14)22-13-7-3-1-4-8-13/h1,3-4,7-8,10-11H,2,5-6,9,12H2,(H,18,21)(H,19,20). The van der Waals surface area contributed by atoms with E-state index < -0.39 is 5.97 Å². The smallest absolute Gasteiger partial charge is 0.303 e. The number of hydrogen-bond acceptors (Lipinski definition) is 4. The second-order valence-corrected chi connectivity index (χ2v) is 4.99. The number of unbranched alkanes of at least 4 members (excludes halogenated alkanes) is 2. The predicted octanol–water partition coefficient (Wildman–Crippen LogP) is 3.45. The van der Waals surface area contributed by atoms with Gasteiger partial charge in [-0.05, 0) is 31.0 Å². The van der Waals surface area contributed by atoms with Gasteiger partial charge in [-0.25, -0.2) is 0 Å². The van der Waals surface area contributed by atoms with E-state index in [-0.39, 0.29) is 24.0 Å². The maximum absolute atomic E-state index is 11.9. The van der Waals surface area contributed by atoms with Crippen LogP contribution in [-0.2, 0) is 4.79 Å². The van der Waals surface area contributed by atoms with E-state index in [9.17, 15) is 9.59 Å². The number of ether oxygens (including phenoxy) is 1. The third kappa shape index (κ3) is 5.86. The molecule has 1 aromatic heterocycles. The van der Waals surface area contributed by atoms with Crippen LogP contribution >= 0.6 is 0 Å². The highest BCUT2D eigenvalue weighted by Gasteiger charge is 2.11. The van der Waals surface area contributed by atoms with Crippen LogP contribution in [-0.4, -0.2) is 23.5 Å². The lowest BCUT2D eigenvalue weighted by Crippen LogP contribution is -2.23. The molecule has 23 heavy (non-hydrogen) atoms. The lowest BCUT2D eigenvalue weighted by molar-refractivity contribution is -0.137. The zero-order valence-corrected chi connectivity index (χ0v) is 12.7. The van der Waals surface area contributed by atoms with E-state index in [0.29, 0.717) is 18.7 Å². The number of hydrogen-bond donors (Lipinski definition) is 2. The second-order valence-electron chi connectivity index (χ2n) is 4.99. The molecule has 6 heteroatoms. The third-order valence-corrected chi connectivity index (χ3v) is 3.12. The van der Waals surface area contributed by atoms with E-state index in [1.807, 2.05) is 18.2 Å². The first-order chi connectivity index (χ1) is 11.1. The molecule has 0 saturated heterocycles. The Kier molecular flexibility index (Phi) is 6.23. The number of carboxylic acid groups (broad SMARTS) is 1. The molecular weight excluding hydrogens is 298 g/mol. The van der Waals surface area contributed by atoms with Crippen molar-refractivity contribution in [2.75, 3.05) is 6.54 Å². The molecule has 122 valence electrons. The molecule has 0 atom stereocenters. The van der Waals surface area contributed by atoms with Gasteiger partial charge < -0.3 is 19.6 Å². The summed E-state index contributed by atoms with van der Waals surface area (Å²) in [4.78, 5) is 22.3. The van der Waals surface area contributed by atoms with Gasteiger partial charge in [-0.2, -0.15) is 0 Å². The summed E-state index contributed by atoms with van der Waals surface area (Å²) in [5, 5.41) is 11.2. The highest BCUT2D eigenvalue weighted by Crippen LogP contribution is 2.23. The molecule has 0 aliphatic rings. The van der Waals surface area contributed by atoms with E-state index in [1.54, 1.807) is 24.3 Å². The van der Waals surface area contributed by atoms with E-state index in [4.69, 9.17) is 14.3 Å². The van der Waals surface area contributed by atoms with Crippen LogP contribution in [0.25, 0.3) is 0 Å². The maximum atomic E-state index is 11.9. The topological polar surface area (TPSA) is 88.8 Å². The molecule has 0 saturated carbocycles. The first-order valence-electron chi connectivity index (χ1n) is 7.48. The number of amides is 1. The van der Waals surface area contributed by atoms with E-state index in [0.717, 1.165) is 12.8 Å². The number of nitrogens with one attached hydrogen (secondary N) is 1. The minimum absolute atomic E-state index is 0.159. The summed E-state index contributed by atoms with van der Waals surface area (Å²) in [5.41, 5.74) is 0. The minimum Gasteiger partial charge on any atom is -0.481 e. The summed E-state index contributed by atoms with van der Waals surface area (Å²) >= 11 is 0. The number of carboxylic acids is 1. The monoisotopic (exact) mass is 317 g/mol. The first-order valence-corrected chi connectivity index (χ1v) is 7.48. The Morgan fingerprint density at radius 3 is 2.57 bits per heavy atom. The van der Waals surface area contributed by atoms with Crippen molar-refractivity contribution in [3.8, 4) is 11.7 Å². The molecule has 0 spiro atoms. The molecular formula is C17H19NO5. The average molecular weight is 317 g/mol. The molecule has 2 N–H and O–H groups in total. The number of benzene rings is 1. The van der Waals surface area contributed by atoms with Crippen molar-refractivity contribution in [2.24, 2.45) is 0 Å². The van der Waals surface area contributed by atoms with Crippen LogP contribution in [0.5, 0.6) is 11.7 Å². The van der Waals surface area contributed by atoms with Gasteiger partial charge in [0, 0.05) is 19.0 Å². The van der Waals surface area contributed by atoms with Crippen molar-refractivity contribution in [2.45, 2.75) is 25.7 Å². The lowest BCUT2D eigenvalue weighted by atomic mass is 10.2.